The molecule has 1 aromatic rings. The molecule has 2 aliphatic heterocycles. The number of likely N-dealkylation sites (tertiary alicyclic amines) is 2. The predicted octanol–water partition coefficient (Wildman–Crippen LogP) is 1.43. The van der Waals surface area contributed by atoms with E-state index < -0.39 is 0 Å². The number of rotatable bonds is 7. The van der Waals surface area contributed by atoms with Gasteiger partial charge in [-0.3, -0.25) is 9.59 Å². The summed E-state index contributed by atoms with van der Waals surface area (Å²) < 4.78 is 0. The molecule has 0 spiro atoms. The Bertz CT molecular complexity index is 621. The van der Waals surface area contributed by atoms with Crippen molar-refractivity contribution in [3.63, 3.8) is 0 Å². The lowest BCUT2D eigenvalue weighted by atomic mass is 9.92. The molecule has 0 bridgehead atoms. The van der Waals surface area contributed by atoms with E-state index in [0.29, 0.717) is 12.6 Å². The number of carbonyl (C=O) groups excluding carboxylic acids is 2. The Morgan fingerprint density at radius 3 is 2.32 bits per heavy atom. The van der Waals surface area contributed by atoms with Crippen molar-refractivity contribution in [3.05, 3.63) is 35.9 Å². The largest absolute Gasteiger partial charge is 0.396 e. The summed E-state index contributed by atoms with van der Waals surface area (Å²) in [7, 11) is 0. The first-order chi connectivity index (χ1) is 13.7. The van der Waals surface area contributed by atoms with Gasteiger partial charge in [-0.25, -0.2) is 0 Å². The van der Waals surface area contributed by atoms with Crippen LogP contribution < -0.4 is 5.32 Å². The van der Waals surface area contributed by atoms with Gasteiger partial charge in [-0.05, 0) is 50.8 Å². The molecule has 0 radical (unpaired) electrons. The van der Waals surface area contributed by atoms with E-state index in [1.165, 1.54) is 5.56 Å². The van der Waals surface area contributed by atoms with Crippen molar-refractivity contribution in [1.29, 1.82) is 0 Å². The third-order valence-electron chi connectivity index (χ3n) is 6.12. The molecule has 6 nitrogen and oxygen atoms in total. The molecule has 1 aromatic carbocycles. The van der Waals surface area contributed by atoms with E-state index in [2.05, 4.69) is 22.3 Å². The number of benzene rings is 1. The molecule has 2 amide bonds. The Balaban J connectivity index is 1.34. The van der Waals surface area contributed by atoms with Gasteiger partial charge in [-0.2, -0.15) is 0 Å². The number of hydrogen-bond donors (Lipinski definition) is 2. The Kier molecular flexibility index (Phi) is 7.86. The molecule has 2 aliphatic rings. The summed E-state index contributed by atoms with van der Waals surface area (Å²) in [6, 6.07) is 10.8. The molecule has 0 saturated carbocycles. The normalized spacial score (nSPS) is 19.5. The quantitative estimate of drug-likeness (QED) is 0.742. The number of amides is 2. The third-order valence-corrected chi connectivity index (χ3v) is 6.12. The van der Waals surface area contributed by atoms with E-state index in [4.69, 9.17) is 5.11 Å². The molecule has 0 unspecified atom stereocenters. The number of nitrogens with one attached hydrogen (secondary N) is 1. The fraction of sp³-hybridized carbons (Fsp3) is 0.636. The van der Waals surface area contributed by atoms with Gasteiger partial charge in [0.1, 0.15) is 0 Å². The first kappa shape index (κ1) is 20.8. The predicted molar refractivity (Wildman–Crippen MR) is 109 cm³/mol. The van der Waals surface area contributed by atoms with Crippen LogP contribution in [0.15, 0.2) is 30.3 Å². The first-order valence-electron chi connectivity index (χ1n) is 10.6. The van der Waals surface area contributed by atoms with Gasteiger partial charge in [0.2, 0.25) is 11.8 Å². The van der Waals surface area contributed by atoms with Gasteiger partial charge >= 0.3 is 0 Å². The molecule has 3 rings (SSSR count). The highest BCUT2D eigenvalue weighted by molar-refractivity contribution is 5.78. The summed E-state index contributed by atoms with van der Waals surface area (Å²) in [5.41, 5.74) is 1.25. The minimum atomic E-state index is -0.0698. The van der Waals surface area contributed by atoms with Gasteiger partial charge in [-0.15, -0.1) is 0 Å². The summed E-state index contributed by atoms with van der Waals surface area (Å²) in [6.45, 7) is 4.12. The maximum Gasteiger partial charge on any atom is 0.224 e. The van der Waals surface area contributed by atoms with Gasteiger partial charge in [0.05, 0.1) is 6.61 Å². The summed E-state index contributed by atoms with van der Waals surface area (Å²) >= 11 is 0. The smallest absolute Gasteiger partial charge is 0.224 e. The Morgan fingerprint density at radius 2 is 1.68 bits per heavy atom. The highest BCUT2D eigenvalue weighted by Gasteiger charge is 2.31. The molecular formula is C22H33N3O3. The maximum atomic E-state index is 12.5. The highest BCUT2D eigenvalue weighted by Crippen LogP contribution is 2.24. The summed E-state index contributed by atoms with van der Waals surface area (Å²) in [5.74, 6) is 0.380. The molecule has 6 heteroatoms. The standard InChI is InChI=1S/C22H33N3O3/c26-17-11-21(27)25-15-9-20(10-16-25)24-13-7-19(8-14-24)22(28)23-12-6-18-4-2-1-3-5-18/h1-5,19-20,26H,6-17H2,(H,23,28). The van der Waals surface area contributed by atoms with Crippen LogP contribution in [0, 0.1) is 5.92 Å². The third kappa shape index (κ3) is 5.79. The maximum absolute atomic E-state index is 12.5. The van der Waals surface area contributed by atoms with Gasteiger partial charge in [-0.1, -0.05) is 30.3 Å². The highest BCUT2D eigenvalue weighted by atomic mass is 16.3. The second-order valence-corrected chi connectivity index (χ2v) is 7.92. The number of carbonyl (C=O) groups is 2. The number of aliphatic hydroxyl groups excluding tert-OH is 1. The van der Waals surface area contributed by atoms with E-state index in [9.17, 15) is 9.59 Å². The summed E-state index contributed by atoms with van der Waals surface area (Å²) in [5, 5.41) is 12.0. The van der Waals surface area contributed by atoms with Crippen LogP contribution in [-0.4, -0.2) is 72.1 Å². The fourth-order valence-corrected chi connectivity index (χ4v) is 4.38. The Morgan fingerprint density at radius 1 is 1.00 bits per heavy atom. The first-order valence-corrected chi connectivity index (χ1v) is 10.6. The molecular weight excluding hydrogens is 354 g/mol. The van der Waals surface area contributed by atoms with Crippen LogP contribution in [0.3, 0.4) is 0 Å². The van der Waals surface area contributed by atoms with Crippen molar-refractivity contribution >= 4 is 11.8 Å². The molecule has 0 aromatic heterocycles. The van der Waals surface area contributed by atoms with Crippen LogP contribution in [0.25, 0.3) is 0 Å². The number of piperidine rings is 2. The van der Waals surface area contributed by atoms with Crippen molar-refractivity contribution < 1.29 is 14.7 Å². The van der Waals surface area contributed by atoms with Gasteiger partial charge in [0.15, 0.2) is 0 Å². The zero-order chi connectivity index (χ0) is 19.8. The summed E-state index contributed by atoms with van der Waals surface area (Å²) in [6.07, 6.45) is 4.92. The van der Waals surface area contributed by atoms with Gasteiger partial charge in [0, 0.05) is 38.0 Å². The van der Waals surface area contributed by atoms with Crippen molar-refractivity contribution in [2.75, 3.05) is 39.3 Å². The molecule has 2 N–H and O–H groups in total. The van der Waals surface area contributed by atoms with Crippen LogP contribution in [0.1, 0.15) is 37.7 Å². The number of aliphatic hydroxyl groups is 1. The second kappa shape index (κ2) is 10.6. The molecule has 0 atom stereocenters. The van der Waals surface area contributed by atoms with Crippen LogP contribution in [0.4, 0.5) is 0 Å². The van der Waals surface area contributed by atoms with E-state index in [0.717, 1.165) is 58.3 Å². The zero-order valence-electron chi connectivity index (χ0n) is 16.7. The number of nitrogens with zero attached hydrogens (tertiary/aromatic N) is 2. The van der Waals surface area contributed by atoms with Crippen LogP contribution in [0.5, 0.6) is 0 Å². The lowest BCUT2D eigenvalue weighted by Gasteiger charge is -2.41. The van der Waals surface area contributed by atoms with Gasteiger partial charge < -0.3 is 20.2 Å². The molecule has 2 fully saturated rings. The van der Waals surface area contributed by atoms with Crippen LogP contribution in [0.2, 0.25) is 0 Å². The Labute approximate surface area is 167 Å². The lowest BCUT2D eigenvalue weighted by molar-refractivity contribution is -0.134. The second-order valence-electron chi connectivity index (χ2n) is 7.92. The topological polar surface area (TPSA) is 72.9 Å². The monoisotopic (exact) mass is 387 g/mol. The van der Waals surface area contributed by atoms with E-state index >= 15 is 0 Å². The molecule has 0 aliphatic carbocycles. The Hall–Kier alpha value is -1.92. The SMILES string of the molecule is O=C(NCCc1ccccc1)C1CCN(C2CCN(C(=O)CCO)CC2)CC1. The summed E-state index contributed by atoms with van der Waals surface area (Å²) in [4.78, 5) is 28.7. The van der Waals surface area contributed by atoms with E-state index in [1.807, 2.05) is 23.1 Å². The lowest BCUT2D eigenvalue weighted by Crippen LogP contribution is -2.50. The van der Waals surface area contributed by atoms with E-state index in [1.54, 1.807) is 0 Å². The van der Waals surface area contributed by atoms with Crippen LogP contribution in [-0.2, 0) is 16.0 Å². The molecule has 2 heterocycles. The molecule has 2 saturated heterocycles. The minimum absolute atomic E-state index is 0.0619. The van der Waals surface area contributed by atoms with Crippen molar-refractivity contribution in [1.82, 2.24) is 15.1 Å². The van der Waals surface area contributed by atoms with Crippen molar-refractivity contribution in [2.24, 2.45) is 5.92 Å². The van der Waals surface area contributed by atoms with E-state index in [-0.39, 0.29) is 30.8 Å². The van der Waals surface area contributed by atoms with Crippen molar-refractivity contribution in [3.8, 4) is 0 Å². The molecule has 154 valence electrons. The van der Waals surface area contributed by atoms with Crippen molar-refractivity contribution in [2.45, 2.75) is 44.6 Å². The van der Waals surface area contributed by atoms with Gasteiger partial charge in [0.25, 0.3) is 0 Å². The average Bonchev–Trinajstić information content (AvgIpc) is 2.75. The van der Waals surface area contributed by atoms with Crippen LogP contribution >= 0.6 is 0 Å². The minimum Gasteiger partial charge on any atom is -0.396 e. The number of hydrogen-bond acceptors (Lipinski definition) is 4. The fourth-order valence-electron chi connectivity index (χ4n) is 4.38. The molecule has 28 heavy (non-hydrogen) atoms. The average molecular weight is 388 g/mol. The zero-order valence-corrected chi connectivity index (χ0v) is 16.7.